The van der Waals surface area contributed by atoms with Gasteiger partial charge in [0.2, 0.25) is 6.54 Å². The first kappa shape index (κ1) is 25.5. The molecule has 0 fully saturated rings. The molecule has 0 spiro atoms. The van der Waals surface area contributed by atoms with Crippen molar-refractivity contribution in [1.82, 2.24) is 14.8 Å². The number of rotatable bonds is 10. The Bertz CT molecular complexity index is 1370. The van der Waals surface area contributed by atoms with Gasteiger partial charge in [-0.2, -0.15) is 0 Å². The van der Waals surface area contributed by atoms with E-state index in [4.69, 9.17) is 21.1 Å². The van der Waals surface area contributed by atoms with Crippen LogP contribution in [0.1, 0.15) is 22.2 Å². The summed E-state index contributed by atoms with van der Waals surface area (Å²) in [6, 6.07) is 19.0. The molecule has 1 aromatic heterocycles. The zero-order valence-corrected chi connectivity index (χ0v) is 21.0. The second-order valence-electron chi connectivity index (χ2n) is 7.74. The zero-order chi connectivity index (χ0) is 25.7. The number of aryl methyl sites for hydroxylation is 1. The predicted molar refractivity (Wildman–Crippen MR) is 135 cm³/mol. The fourth-order valence-corrected chi connectivity index (χ4v) is 5.03. The van der Waals surface area contributed by atoms with Crippen LogP contribution in [0, 0.1) is 22.9 Å². The minimum Gasteiger partial charge on any atom is -0.493 e. The van der Waals surface area contributed by atoms with E-state index in [-0.39, 0.29) is 29.7 Å². The predicted octanol–water partition coefficient (Wildman–Crippen LogP) is 6.07. The summed E-state index contributed by atoms with van der Waals surface area (Å²) >= 11 is 7.72. The molecule has 0 amide bonds. The molecule has 36 heavy (non-hydrogen) atoms. The van der Waals surface area contributed by atoms with E-state index < -0.39 is 16.0 Å². The SMILES string of the molecule is COc1cc([C@@H](C[N+](=O)[O-])Sc2nnc(C)n2-c2ccccc2)cc(Cl)c1OCc1ccccc1F. The Balaban J connectivity index is 1.65. The number of aromatic nitrogens is 3. The van der Waals surface area contributed by atoms with Gasteiger partial charge in [-0.15, -0.1) is 10.2 Å². The van der Waals surface area contributed by atoms with Crippen LogP contribution in [0.4, 0.5) is 4.39 Å². The molecule has 0 bridgehead atoms. The largest absolute Gasteiger partial charge is 0.493 e. The van der Waals surface area contributed by atoms with Gasteiger partial charge in [-0.3, -0.25) is 14.7 Å². The highest BCUT2D eigenvalue weighted by molar-refractivity contribution is 7.99. The zero-order valence-electron chi connectivity index (χ0n) is 19.4. The third kappa shape index (κ3) is 5.77. The standard InChI is InChI=1S/C25H22ClFN4O4S/c1-16-28-29-25(31(16)19-9-4-3-5-10-19)36-23(14-30(32)33)18-12-20(26)24(22(13-18)34-2)35-15-17-8-6-7-11-21(17)27/h3-13,23H,14-15H2,1-2H3/t23-/m1/s1. The Morgan fingerprint density at radius 2 is 1.86 bits per heavy atom. The summed E-state index contributed by atoms with van der Waals surface area (Å²) in [5.41, 5.74) is 1.75. The fourth-order valence-electron chi connectivity index (χ4n) is 3.60. The van der Waals surface area contributed by atoms with E-state index in [1.165, 1.54) is 24.9 Å². The molecule has 1 atom stereocenters. The molecule has 4 aromatic rings. The Kier molecular flexibility index (Phi) is 8.07. The number of para-hydroxylation sites is 1. The van der Waals surface area contributed by atoms with Crippen molar-refractivity contribution in [3.63, 3.8) is 0 Å². The van der Waals surface area contributed by atoms with Crippen molar-refractivity contribution in [3.05, 3.63) is 105 Å². The lowest BCUT2D eigenvalue weighted by Gasteiger charge is -2.18. The molecule has 4 rings (SSSR count). The first-order chi connectivity index (χ1) is 17.4. The van der Waals surface area contributed by atoms with Gasteiger partial charge in [-0.25, -0.2) is 4.39 Å². The number of ether oxygens (including phenoxy) is 2. The van der Waals surface area contributed by atoms with E-state index in [0.29, 0.717) is 22.1 Å². The van der Waals surface area contributed by atoms with Gasteiger partial charge < -0.3 is 9.47 Å². The summed E-state index contributed by atoms with van der Waals surface area (Å²) < 4.78 is 27.1. The average Bonchev–Trinajstić information content (AvgIpc) is 3.23. The molecule has 0 radical (unpaired) electrons. The number of benzene rings is 3. The molecule has 3 aromatic carbocycles. The number of nitro groups is 1. The molecule has 0 N–H and O–H groups in total. The van der Waals surface area contributed by atoms with Crippen molar-refractivity contribution in [2.45, 2.75) is 23.9 Å². The minimum atomic E-state index is -0.655. The Morgan fingerprint density at radius 3 is 2.56 bits per heavy atom. The molecule has 0 aliphatic rings. The topological polar surface area (TPSA) is 92.3 Å². The number of nitrogens with zero attached hydrogens (tertiary/aromatic N) is 4. The second kappa shape index (κ2) is 11.4. The first-order valence-corrected chi connectivity index (χ1v) is 12.1. The summed E-state index contributed by atoms with van der Waals surface area (Å²) in [4.78, 5) is 11.2. The van der Waals surface area contributed by atoms with Crippen molar-refractivity contribution in [2.75, 3.05) is 13.7 Å². The molecule has 0 aliphatic carbocycles. The van der Waals surface area contributed by atoms with E-state index in [0.717, 1.165) is 5.69 Å². The van der Waals surface area contributed by atoms with Gasteiger partial charge in [-0.1, -0.05) is 59.8 Å². The first-order valence-electron chi connectivity index (χ1n) is 10.9. The van der Waals surface area contributed by atoms with E-state index in [2.05, 4.69) is 10.2 Å². The van der Waals surface area contributed by atoms with Gasteiger partial charge in [-0.05, 0) is 42.8 Å². The number of thioether (sulfide) groups is 1. The molecule has 0 saturated carbocycles. The molecule has 11 heteroatoms. The van der Waals surface area contributed by atoms with Crippen molar-refractivity contribution in [3.8, 4) is 17.2 Å². The third-order valence-corrected chi connectivity index (χ3v) is 6.79. The monoisotopic (exact) mass is 528 g/mol. The second-order valence-corrected chi connectivity index (χ2v) is 9.31. The number of hydrogen-bond donors (Lipinski definition) is 0. The molecule has 0 aliphatic heterocycles. The quantitative estimate of drug-likeness (QED) is 0.140. The Hall–Kier alpha value is -3.63. The molecular formula is C25H22ClFN4O4S. The normalized spacial score (nSPS) is 11.8. The number of hydrogen-bond acceptors (Lipinski definition) is 7. The summed E-state index contributed by atoms with van der Waals surface area (Å²) in [5, 5.41) is 20.0. The smallest absolute Gasteiger partial charge is 0.220 e. The van der Waals surface area contributed by atoms with Crippen LogP contribution in [0.5, 0.6) is 11.5 Å². The summed E-state index contributed by atoms with van der Waals surface area (Å²) in [5.74, 6) is 0.753. The van der Waals surface area contributed by atoms with Crippen molar-refractivity contribution in [1.29, 1.82) is 0 Å². The molecule has 186 valence electrons. The summed E-state index contributed by atoms with van der Waals surface area (Å²) in [6.45, 7) is 1.36. The minimum absolute atomic E-state index is 0.0609. The maximum absolute atomic E-state index is 14.0. The van der Waals surface area contributed by atoms with E-state index in [1.54, 1.807) is 30.3 Å². The van der Waals surface area contributed by atoms with E-state index in [1.807, 2.05) is 41.8 Å². The van der Waals surface area contributed by atoms with Crippen LogP contribution in [0.3, 0.4) is 0 Å². The third-order valence-electron chi connectivity index (χ3n) is 5.33. The molecule has 1 heterocycles. The highest BCUT2D eigenvalue weighted by atomic mass is 35.5. The maximum Gasteiger partial charge on any atom is 0.220 e. The van der Waals surface area contributed by atoms with E-state index in [9.17, 15) is 14.5 Å². The van der Waals surface area contributed by atoms with Gasteiger partial charge in [0.25, 0.3) is 0 Å². The Morgan fingerprint density at radius 1 is 1.14 bits per heavy atom. The van der Waals surface area contributed by atoms with Crippen molar-refractivity contribution in [2.24, 2.45) is 0 Å². The van der Waals surface area contributed by atoms with Crippen LogP contribution in [0.2, 0.25) is 5.02 Å². The van der Waals surface area contributed by atoms with Crippen LogP contribution in [-0.2, 0) is 6.61 Å². The lowest BCUT2D eigenvalue weighted by Crippen LogP contribution is -2.12. The highest BCUT2D eigenvalue weighted by Crippen LogP contribution is 2.43. The van der Waals surface area contributed by atoms with Crippen LogP contribution in [-0.4, -0.2) is 33.3 Å². The average molecular weight is 529 g/mol. The Labute approximate surface area is 216 Å². The molecule has 0 saturated heterocycles. The van der Waals surface area contributed by atoms with Crippen LogP contribution < -0.4 is 9.47 Å². The maximum atomic E-state index is 14.0. The van der Waals surface area contributed by atoms with Crippen molar-refractivity contribution >= 4 is 23.4 Å². The number of methoxy groups -OCH3 is 1. The fraction of sp³-hybridized carbons (Fsp3) is 0.200. The molecular weight excluding hydrogens is 507 g/mol. The van der Waals surface area contributed by atoms with Crippen molar-refractivity contribution < 1.29 is 18.8 Å². The lowest BCUT2D eigenvalue weighted by atomic mass is 10.1. The molecule has 0 unspecified atom stereocenters. The number of halogens is 2. The lowest BCUT2D eigenvalue weighted by molar-refractivity contribution is -0.479. The van der Waals surface area contributed by atoms with Gasteiger partial charge in [0.05, 0.1) is 12.1 Å². The summed E-state index contributed by atoms with van der Waals surface area (Å²) in [6.07, 6.45) is 0. The van der Waals surface area contributed by atoms with Gasteiger partial charge in [0.15, 0.2) is 16.7 Å². The van der Waals surface area contributed by atoms with E-state index >= 15 is 0 Å². The van der Waals surface area contributed by atoms with Crippen LogP contribution >= 0.6 is 23.4 Å². The van der Waals surface area contributed by atoms with Crippen LogP contribution in [0.15, 0.2) is 71.9 Å². The van der Waals surface area contributed by atoms with Gasteiger partial charge in [0, 0.05) is 16.2 Å². The van der Waals surface area contributed by atoms with Crippen LogP contribution in [0.25, 0.3) is 5.69 Å². The molecule has 8 nitrogen and oxygen atoms in total. The summed E-state index contributed by atoms with van der Waals surface area (Å²) in [7, 11) is 1.44. The van der Waals surface area contributed by atoms with Gasteiger partial charge >= 0.3 is 0 Å². The van der Waals surface area contributed by atoms with Gasteiger partial charge in [0.1, 0.15) is 23.5 Å². The highest BCUT2D eigenvalue weighted by Gasteiger charge is 2.26.